The molecule has 0 heterocycles. The van der Waals surface area contributed by atoms with E-state index >= 15 is 0 Å². The molecule has 0 N–H and O–H groups in total. The molecule has 0 saturated heterocycles. The first-order chi connectivity index (χ1) is 36.3. The van der Waals surface area contributed by atoms with E-state index < -0.39 is 0 Å². The Balaban J connectivity index is 0.000000717. The molecule has 0 aliphatic carbocycles. The third kappa shape index (κ3) is 11.1. The standard InChI is InChI=1S/C56H54O8.4CH2Cl2/c1-55(2,3)27-15-37-49-33-23-45(61-11)41(57-7)19-29(33)31-21-43(59-9)47(63-13)25-35(31)51(49)39-17-28(56(4,5)6)18-40-52-36-26-48(64-14)44(60-10)22-32(36)30-20-42(58-8)46(62-12)24-34(30)50(52)38(16-27)53(37)54(39)40;4*2-1-3/h15-26H,1-14H3;4*1H2. The quantitative estimate of drug-likeness (QED) is 0.0846. The molecule has 0 radical (unpaired) electrons. The zero-order valence-electron chi connectivity index (χ0n) is 45.0. The van der Waals surface area contributed by atoms with Crippen LogP contribution in [0.4, 0.5) is 0 Å². The van der Waals surface area contributed by atoms with Gasteiger partial charge in [0.05, 0.1) is 78.2 Å². The molecule has 0 amide bonds. The van der Waals surface area contributed by atoms with Crippen molar-refractivity contribution in [2.75, 3.05) is 78.2 Å². The minimum Gasteiger partial charge on any atom is -0.493 e. The van der Waals surface area contributed by atoms with Crippen LogP contribution in [-0.4, -0.2) is 78.2 Å². The minimum absolute atomic E-state index is 0.194. The molecular formula is C60H62Cl8O8. The molecule has 406 valence electrons. The van der Waals surface area contributed by atoms with E-state index in [1.165, 1.54) is 21.9 Å². The zero-order chi connectivity index (χ0) is 56.1. The second-order valence-corrected chi connectivity index (χ2v) is 22.5. The predicted molar refractivity (Wildman–Crippen MR) is 331 cm³/mol. The van der Waals surface area contributed by atoms with E-state index in [9.17, 15) is 0 Å². The van der Waals surface area contributed by atoms with Crippen molar-refractivity contribution in [3.05, 3.63) is 83.9 Å². The summed E-state index contributed by atoms with van der Waals surface area (Å²) in [4.78, 5) is 0. The molecule has 10 aromatic rings. The van der Waals surface area contributed by atoms with Crippen LogP contribution in [0.25, 0.3) is 97.0 Å². The van der Waals surface area contributed by atoms with Gasteiger partial charge in [0.1, 0.15) is 0 Å². The third-order valence-corrected chi connectivity index (χ3v) is 13.6. The normalized spacial score (nSPS) is 11.5. The lowest BCUT2D eigenvalue weighted by atomic mass is 9.76. The number of rotatable bonds is 8. The SMILES string of the molecule is COc1cc2c3cc(OC)c(OC)cc3c3c4cc(C(C)(C)C)cc5c6c7cc(OC)c(OC)cc7c7cc(OC)c(OC)cc7c6c6cc(C(C)(C)C)cc(c3c2cc1OC)c6c45.ClCCl.ClCCl.ClCCl.ClCCl. The Hall–Kier alpha value is -4.48. The van der Waals surface area contributed by atoms with Gasteiger partial charge in [-0.25, -0.2) is 0 Å². The van der Waals surface area contributed by atoms with Crippen LogP contribution >= 0.6 is 92.8 Å². The summed E-state index contributed by atoms with van der Waals surface area (Å²) in [5.74, 6) is 5.20. The number of fused-ring (bicyclic) bond motifs is 16. The first-order valence-electron chi connectivity index (χ1n) is 23.7. The summed E-state index contributed by atoms with van der Waals surface area (Å²) in [5.41, 5.74) is 1.96. The first-order valence-corrected chi connectivity index (χ1v) is 28.0. The topological polar surface area (TPSA) is 73.8 Å². The fraction of sp³-hybridized carbons (Fsp3) is 0.333. The average molecular weight is 1190 g/mol. The lowest BCUT2D eigenvalue weighted by Gasteiger charge is -2.28. The number of halogens is 8. The summed E-state index contributed by atoms with van der Waals surface area (Å²) in [5, 5.41) is 20.5. The van der Waals surface area contributed by atoms with Crippen molar-refractivity contribution in [2.24, 2.45) is 0 Å². The average Bonchev–Trinajstić information content (AvgIpc) is 3.41. The van der Waals surface area contributed by atoms with Gasteiger partial charge in [-0.3, -0.25) is 0 Å². The lowest BCUT2D eigenvalue weighted by Crippen LogP contribution is -2.12. The second kappa shape index (κ2) is 25.5. The Bertz CT molecular complexity index is 3260. The van der Waals surface area contributed by atoms with Crippen molar-refractivity contribution in [2.45, 2.75) is 52.4 Å². The van der Waals surface area contributed by atoms with E-state index in [2.05, 4.69) is 114 Å². The first kappa shape index (κ1) is 60.7. The Labute approximate surface area is 484 Å². The molecule has 0 atom stereocenters. The summed E-state index contributed by atoms with van der Waals surface area (Å²) in [6, 6.07) is 26.7. The maximum Gasteiger partial charge on any atom is 0.161 e. The van der Waals surface area contributed by atoms with Crippen LogP contribution in [0.5, 0.6) is 46.0 Å². The summed E-state index contributed by atoms with van der Waals surface area (Å²) in [7, 11) is 13.5. The van der Waals surface area contributed by atoms with Gasteiger partial charge in [-0.05, 0) is 192 Å². The molecule has 10 aromatic carbocycles. The Kier molecular flexibility index (Phi) is 20.4. The van der Waals surface area contributed by atoms with Gasteiger partial charge in [0.25, 0.3) is 0 Å². The molecule has 0 fully saturated rings. The van der Waals surface area contributed by atoms with Crippen molar-refractivity contribution >= 4 is 190 Å². The maximum absolute atomic E-state index is 6.08. The molecule has 76 heavy (non-hydrogen) atoms. The highest BCUT2D eigenvalue weighted by Crippen LogP contribution is 2.56. The smallest absolute Gasteiger partial charge is 0.161 e. The van der Waals surface area contributed by atoms with Gasteiger partial charge < -0.3 is 37.9 Å². The van der Waals surface area contributed by atoms with Crippen LogP contribution < -0.4 is 37.9 Å². The lowest BCUT2D eigenvalue weighted by molar-refractivity contribution is 0.355. The van der Waals surface area contributed by atoms with Gasteiger partial charge in [-0.1, -0.05) is 41.5 Å². The number of alkyl halides is 8. The van der Waals surface area contributed by atoms with Gasteiger partial charge in [-0.2, -0.15) is 0 Å². The molecule has 0 bridgehead atoms. The van der Waals surface area contributed by atoms with Crippen molar-refractivity contribution in [1.82, 2.24) is 0 Å². The Morgan fingerprint density at radius 3 is 0.500 bits per heavy atom. The fourth-order valence-electron chi connectivity index (χ4n) is 10.4. The summed E-state index contributed by atoms with van der Waals surface area (Å²) >= 11 is 38.1. The fourth-order valence-corrected chi connectivity index (χ4v) is 10.4. The Morgan fingerprint density at radius 2 is 0.368 bits per heavy atom. The minimum atomic E-state index is -0.225. The van der Waals surface area contributed by atoms with Gasteiger partial charge >= 0.3 is 0 Å². The molecule has 0 aliphatic heterocycles. The van der Waals surface area contributed by atoms with Crippen LogP contribution in [0.1, 0.15) is 52.7 Å². The van der Waals surface area contributed by atoms with Gasteiger partial charge in [0.15, 0.2) is 46.0 Å². The molecule has 0 unspecified atom stereocenters. The molecule has 8 nitrogen and oxygen atoms in total. The van der Waals surface area contributed by atoms with Crippen LogP contribution in [0, 0.1) is 0 Å². The van der Waals surface area contributed by atoms with Gasteiger partial charge in [0.2, 0.25) is 0 Å². The monoisotopic (exact) mass is 1190 g/mol. The van der Waals surface area contributed by atoms with E-state index in [1.807, 2.05) is 0 Å². The van der Waals surface area contributed by atoms with E-state index in [0.717, 1.165) is 86.2 Å². The molecule has 0 saturated carbocycles. The number of benzene rings is 10. The highest BCUT2D eigenvalue weighted by atomic mass is 35.5. The summed E-state index contributed by atoms with van der Waals surface area (Å²) in [6.45, 7) is 13.7. The maximum atomic E-state index is 6.08. The second-order valence-electron chi connectivity index (χ2n) is 19.3. The van der Waals surface area contributed by atoms with E-state index in [-0.39, 0.29) is 32.2 Å². The summed E-state index contributed by atoms with van der Waals surface area (Å²) in [6.07, 6.45) is 0. The number of methoxy groups -OCH3 is 8. The van der Waals surface area contributed by atoms with Gasteiger partial charge in [-0.15, -0.1) is 92.8 Å². The number of hydrogen-bond acceptors (Lipinski definition) is 8. The van der Waals surface area contributed by atoms with E-state index in [1.54, 1.807) is 56.9 Å². The van der Waals surface area contributed by atoms with E-state index in [0.29, 0.717) is 46.0 Å². The molecule has 0 spiro atoms. The predicted octanol–water partition coefficient (Wildman–Crippen LogP) is 19.9. The summed E-state index contributed by atoms with van der Waals surface area (Å²) < 4.78 is 48.3. The zero-order valence-corrected chi connectivity index (χ0v) is 51.1. The molecule has 0 aliphatic rings. The van der Waals surface area contributed by atoms with Crippen LogP contribution in [0.2, 0.25) is 0 Å². The van der Waals surface area contributed by atoms with Crippen molar-refractivity contribution in [3.63, 3.8) is 0 Å². The van der Waals surface area contributed by atoms with Crippen molar-refractivity contribution in [1.29, 1.82) is 0 Å². The molecule has 0 aromatic heterocycles. The third-order valence-electron chi connectivity index (χ3n) is 13.6. The number of ether oxygens (including phenoxy) is 8. The van der Waals surface area contributed by atoms with Crippen molar-refractivity contribution < 1.29 is 37.9 Å². The largest absolute Gasteiger partial charge is 0.493 e. The van der Waals surface area contributed by atoms with E-state index in [4.69, 9.17) is 131 Å². The van der Waals surface area contributed by atoms with Crippen LogP contribution in [-0.2, 0) is 10.8 Å². The molecule has 16 heteroatoms. The Morgan fingerprint density at radius 1 is 0.237 bits per heavy atom. The highest BCUT2D eigenvalue weighted by molar-refractivity contribution is 6.50. The highest BCUT2D eigenvalue weighted by Gasteiger charge is 2.29. The van der Waals surface area contributed by atoms with Gasteiger partial charge in [0, 0.05) is 0 Å². The van der Waals surface area contributed by atoms with Crippen LogP contribution in [0.3, 0.4) is 0 Å². The number of hydrogen-bond donors (Lipinski definition) is 0. The van der Waals surface area contributed by atoms with Crippen molar-refractivity contribution in [3.8, 4) is 46.0 Å². The molecular weight excluding hydrogens is 1130 g/mol. The van der Waals surface area contributed by atoms with Crippen LogP contribution in [0.15, 0.2) is 72.8 Å². The molecule has 10 rings (SSSR count).